The summed E-state index contributed by atoms with van der Waals surface area (Å²) in [6.45, 7) is 0.620. The van der Waals surface area contributed by atoms with Crippen molar-refractivity contribution in [3.63, 3.8) is 0 Å². The van der Waals surface area contributed by atoms with Crippen LogP contribution in [0.4, 0.5) is 11.4 Å². The highest BCUT2D eigenvalue weighted by Gasteiger charge is 2.27. The lowest BCUT2D eigenvalue weighted by atomic mass is 10.1. The van der Waals surface area contributed by atoms with Gasteiger partial charge in [-0.15, -0.1) is 0 Å². The minimum Gasteiger partial charge on any atom is -0.323 e. The average molecular weight is 491 g/mol. The monoisotopic (exact) mass is 490 g/mol. The van der Waals surface area contributed by atoms with Crippen molar-refractivity contribution in [3.05, 3.63) is 108 Å². The number of rotatable bonds is 7. The molecule has 1 N–H and O–H groups in total. The highest BCUT2D eigenvalue weighted by molar-refractivity contribution is 6.16. The molecule has 1 aliphatic rings. The van der Waals surface area contributed by atoms with Crippen molar-refractivity contribution in [2.75, 3.05) is 10.2 Å². The van der Waals surface area contributed by atoms with Crippen LogP contribution < -0.4 is 10.2 Å². The van der Waals surface area contributed by atoms with E-state index in [0.717, 1.165) is 22.4 Å². The molecule has 1 fully saturated rings. The summed E-state index contributed by atoms with van der Waals surface area (Å²) < 4.78 is 1.87. The van der Waals surface area contributed by atoms with Crippen molar-refractivity contribution in [2.45, 2.75) is 25.8 Å². The first-order valence-electron chi connectivity index (χ1n) is 12.2. The van der Waals surface area contributed by atoms with Gasteiger partial charge in [0.15, 0.2) is 0 Å². The molecule has 0 saturated carbocycles. The Kier molecular flexibility index (Phi) is 7.03. The number of amides is 3. The Labute approximate surface area is 215 Å². The molecule has 1 aromatic heterocycles. The van der Waals surface area contributed by atoms with E-state index in [2.05, 4.69) is 17.4 Å². The molecule has 0 radical (unpaired) electrons. The molecule has 0 bridgehead atoms. The molecule has 3 aromatic carbocycles. The van der Waals surface area contributed by atoms with Gasteiger partial charge in [-0.3, -0.25) is 24.0 Å². The highest BCUT2D eigenvalue weighted by atomic mass is 16.2. The zero-order valence-corrected chi connectivity index (χ0v) is 20.2. The molecule has 0 spiro atoms. The third kappa shape index (κ3) is 5.73. The number of hydrogen-bond donors (Lipinski definition) is 1. The molecule has 5 rings (SSSR count). The summed E-state index contributed by atoms with van der Waals surface area (Å²) in [6, 6.07) is 26.6. The van der Waals surface area contributed by atoms with Crippen LogP contribution in [0.25, 0.3) is 17.3 Å². The number of nitrogens with zero attached hydrogens (tertiary/aromatic N) is 3. The van der Waals surface area contributed by atoms with Gasteiger partial charge in [0.25, 0.3) is 0 Å². The minimum absolute atomic E-state index is 0.196. The van der Waals surface area contributed by atoms with E-state index in [9.17, 15) is 14.4 Å². The maximum absolute atomic E-state index is 12.7. The van der Waals surface area contributed by atoms with Crippen LogP contribution in [0.2, 0.25) is 0 Å². The fourth-order valence-electron chi connectivity index (χ4n) is 4.32. The SMILES string of the molecule is O=C(C=Cc1cn(Cc2ccccc2)nc1-c1ccccc1)Nc1ccc(N2C(=O)CCCC2=O)cc1. The van der Waals surface area contributed by atoms with Gasteiger partial charge in [0.05, 0.1) is 17.9 Å². The summed E-state index contributed by atoms with van der Waals surface area (Å²) in [7, 11) is 0. The van der Waals surface area contributed by atoms with Gasteiger partial charge in [-0.1, -0.05) is 60.7 Å². The molecular weight excluding hydrogens is 464 g/mol. The molecule has 37 heavy (non-hydrogen) atoms. The molecule has 1 aliphatic heterocycles. The van der Waals surface area contributed by atoms with Crippen molar-refractivity contribution in [2.24, 2.45) is 0 Å². The van der Waals surface area contributed by atoms with Crippen LogP contribution in [0, 0.1) is 0 Å². The molecule has 4 aromatic rings. The number of carbonyl (C=O) groups is 3. The molecule has 0 aliphatic carbocycles. The van der Waals surface area contributed by atoms with Gasteiger partial charge in [-0.2, -0.15) is 5.10 Å². The van der Waals surface area contributed by atoms with Gasteiger partial charge in [0.1, 0.15) is 0 Å². The first-order chi connectivity index (χ1) is 18.1. The maximum atomic E-state index is 12.7. The van der Waals surface area contributed by atoms with Crippen molar-refractivity contribution in [1.29, 1.82) is 0 Å². The summed E-state index contributed by atoms with van der Waals surface area (Å²) in [5, 5.41) is 7.61. The highest BCUT2D eigenvalue weighted by Crippen LogP contribution is 2.25. The Bertz CT molecular complexity index is 1430. The van der Waals surface area contributed by atoms with Crippen LogP contribution in [0.5, 0.6) is 0 Å². The summed E-state index contributed by atoms with van der Waals surface area (Å²) in [5.74, 6) is -0.691. The van der Waals surface area contributed by atoms with Crippen LogP contribution in [-0.2, 0) is 20.9 Å². The topological polar surface area (TPSA) is 84.3 Å². The summed E-state index contributed by atoms with van der Waals surface area (Å²) >= 11 is 0. The normalized spacial score (nSPS) is 13.8. The average Bonchev–Trinajstić information content (AvgIpc) is 3.32. The Hall–Kier alpha value is -4.78. The van der Waals surface area contributed by atoms with Gasteiger partial charge >= 0.3 is 0 Å². The number of aromatic nitrogens is 2. The minimum atomic E-state index is -0.298. The largest absolute Gasteiger partial charge is 0.323 e. The molecule has 7 nitrogen and oxygen atoms in total. The van der Waals surface area contributed by atoms with Gasteiger partial charge in [0.2, 0.25) is 17.7 Å². The fourth-order valence-corrected chi connectivity index (χ4v) is 4.32. The second-order valence-electron chi connectivity index (χ2n) is 8.83. The molecule has 7 heteroatoms. The molecular formula is C30H26N4O3. The van der Waals surface area contributed by atoms with E-state index in [1.807, 2.05) is 59.4 Å². The summed E-state index contributed by atoms with van der Waals surface area (Å²) in [4.78, 5) is 38.2. The Morgan fingerprint density at radius 1 is 0.865 bits per heavy atom. The lowest BCUT2D eigenvalue weighted by Crippen LogP contribution is -2.40. The molecule has 0 unspecified atom stereocenters. The number of hydrogen-bond acceptors (Lipinski definition) is 4. The van der Waals surface area contributed by atoms with Crippen molar-refractivity contribution < 1.29 is 14.4 Å². The summed E-state index contributed by atoms with van der Waals surface area (Å²) in [5.41, 5.74) is 4.80. The van der Waals surface area contributed by atoms with Crippen molar-refractivity contribution >= 4 is 35.2 Å². The van der Waals surface area contributed by atoms with Crippen LogP contribution in [0.15, 0.2) is 97.2 Å². The smallest absolute Gasteiger partial charge is 0.248 e. The summed E-state index contributed by atoms with van der Waals surface area (Å²) in [6.07, 6.45) is 6.48. The van der Waals surface area contributed by atoms with E-state index in [1.165, 1.54) is 11.0 Å². The van der Waals surface area contributed by atoms with Crippen LogP contribution in [0.1, 0.15) is 30.4 Å². The van der Waals surface area contributed by atoms with E-state index in [4.69, 9.17) is 5.10 Å². The predicted molar refractivity (Wildman–Crippen MR) is 144 cm³/mol. The van der Waals surface area contributed by atoms with Gasteiger partial charge in [-0.05, 0) is 42.3 Å². The van der Waals surface area contributed by atoms with Crippen molar-refractivity contribution in [3.8, 4) is 11.3 Å². The number of anilines is 2. The van der Waals surface area contributed by atoms with Crippen LogP contribution >= 0.6 is 0 Å². The van der Waals surface area contributed by atoms with E-state index < -0.39 is 0 Å². The first kappa shape index (κ1) is 23.9. The number of piperidine rings is 1. The predicted octanol–water partition coefficient (Wildman–Crippen LogP) is 5.29. The second-order valence-corrected chi connectivity index (χ2v) is 8.83. The Morgan fingerprint density at radius 2 is 1.51 bits per heavy atom. The van der Waals surface area contributed by atoms with E-state index in [-0.39, 0.29) is 17.7 Å². The number of nitrogens with one attached hydrogen (secondary N) is 1. The third-order valence-corrected chi connectivity index (χ3v) is 6.11. The maximum Gasteiger partial charge on any atom is 0.248 e. The molecule has 2 heterocycles. The lowest BCUT2D eigenvalue weighted by molar-refractivity contribution is -0.129. The second kappa shape index (κ2) is 10.9. The van der Waals surface area contributed by atoms with E-state index >= 15 is 0 Å². The number of benzene rings is 3. The number of imide groups is 1. The first-order valence-corrected chi connectivity index (χ1v) is 12.2. The molecule has 0 atom stereocenters. The van der Waals surface area contributed by atoms with Gasteiger partial charge in [-0.25, -0.2) is 0 Å². The molecule has 3 amide bonds. The fraction of sp³-hybridized carbons (Fsp3) is 0.133. The van der Waals surface area contributed by atoms with E-state index in [1.54, 1.807) is 30.3 Å². The zero-order valence-electron chi connectivity index (χ0n) is 20.2. The lowest BCUT2D eigenvalue weighted by Gasteiger charge is -2.24. The van der Waals surface area contributed by atoms with Gasteiger partial charge in [0, 0.05) is 41.9 Å². The standard InChI is InChI=1S/C30H26N4O3/c35-27(31-25-15-17-26(18-16-25)34-28(36)12-7-13-29(34)37)19-14-24-21-33(20-22-8-3-1-4-9-22)32-30(24)23-10-5-2-6-11-23/h1-6,8-11,14-19,21H,7,12-13,20H2,(H,31,35). The number of carbonyl (C=O) groups excluding carboxylic acids is 3. The Balaban J connectivity index is 1.31. The van der Waals surface area contributed by atoms with Crippen molar-refractivity contribution in [1.82, 2.24) is 9.78 Å². The van der Waals surface area contributed by atoms with Gasteiger partial charge < -0.3 is 5.32 Å². The third-order valence-electron chi connectivity index (χ3n) is 6.11. The zero-order chi connectivity index (χ0) is 25.6. The molecule has 184 valence electrons. The quantitative estimate of drug-likeness (QED) is 0.282. The van der Waals surface area contributed by atoms with Crippen LogP contribution in [-0.4, -0.2) is 27.5 Å². The van der Waals surface area contributed by atoms with Crippen LogP contribution in [0.3, 0.4) is 0 Å². The van der Waals surface area contributed by atoms with E-state index in [0.29, 0.717) is 37.2 Å². The Morgan fingerprint density at radius 3 is 2.19 bits per heavy atom. The molecule has 1 saturated heterocycles.